The molecule has 0 amide bonds. The van der Waals surface area contributed by atoms with Crippen LogP contribution in [-0.2, 0) is 4.79 Å². The average Bonchev–Trinajstić information content (AvgIpc) is 2.85. The molecule has 8 heteroatoms. The Morgan fingerprint density at radius 3 is 2.62 bits per heavy atom. The van der Waals surface area contributed by atoms with Gasteiger partial charge in [-0.2, -0.15) is 0 Å². The monoisotopic (exact) mass is 476 g/mol. The molecule has 0 N–H and O–H groups in total. The number of benzene rings is 3. The van der Waals surface area contributed by atoms with Crippen molar-refractivity contribution in [3.8, 4) is 28.7 Å². The van der Waals surface area contributed by atoms with Crippen LogP contribution in [0, 0.1) is 0 Å². The molecule has 0 unspecified atom stereocenters. The Balaban J connectivity index is 1.30. The quantitative estimate of drug-likeness (QED) is 0.210. The summed E-state index contributed by atoms with van der Waals surface area (Å²) >= 11 is 6.09. The van der Waals surface area contributed by atoms with Crippen LogP contribution in [0.2, 0.25) is 5.02 Å². The molecule has 0 fully saturated rings. The van der Waals surface area contributed by atoms with Crippen LogP contribution in [0.15, 0.2) is 82.2 Å². The van der Waals surface area contributed by atoms with Crippen molar-refractivity contribution in [3.63, 3.8) is 0 Å². The van der Waals surface area contributed by atoms with E-state index in [1.807, 2.05) is 6.07 Å². The summed E-state index contributed by atoms with van der Waals surface area (Å²) in [6, 6.07) is 16.7. The van der Waals surface area contributed by atoms with Crippen LogP contribution in [0.5, 0.6) is 28.7 Å². The molecule has 2 heterocycles. The van der Waals surface area contributed by atoms with E-state index < -0.39 is 5.97 Å². The topological polar surface area (TPSA) is 84.2 Å². The Morgan fingerprint density at radius 1 is 0.941 bits per heavy atom. The third-order valence-electron chi connectivity index (χ3n) is 4.97. The first kappa shape index (κ1) is 21.6. The van der Waals surface area contributed by atoms with E-state index in [1.54, 1.807) is 42.5 Å². The van der Waals surface area contributed by atoms with Crippen LogP contribution < -0.4 is 24.4 Å². The van der Waals surface area contributed by atoms with Gasteiger partial charge in [0.25, 0.3) is 0 Å². The number of ether oxygens (including phenoxy) is 4. The maximum atomic E-state index is 12.8. The molecule has 3 aromatic carbocycles. The zero-order chi connectivity index (χ0) is 23.5. The van der Waals surface area contributed by atoms with Crippen molar-refractivity contribution >= 4 is 34.6 Å². The molecule has 34 heavy (non-hydrogen) atoms. The molecular weight excluding hydrogens is 460 g/mol. The minimum Gasteiger partial charge on any atom is -0.486 e. The van der Waals surface area contributed by atoms with Crippen LogP contribution in [0.1, 0.15) is 5.56 Å². The van der Waals surface area contributed by atoms with E-state index in [4.69, 9.17) is 35.0 Å². The smallest absolute Gasteiger partial charge is 0.336 e. The van der Waals surface area contributed by atoms with Crippen molar-refractivity contribution < 1.29 is 28.2 Å². The highest BCUT2D eigenvalue weighted by molar-refractivity contribution is 6.32. The van der Waals surface area contributed by atoms with Gasteiger partial charge in [-0.3, -0.25) is 4.79 Å². The van der Waals surface area contributed by atoms with E-state index in [2.05, 4.69) is 0 Å². The Bertz CT molecular complexity index is 1470. The van der Waals surface area contributed by atoms with E-state index in [9.17, 15) is 9.59 Å². The van der Waals surface area contributed by atoms with Crippen molar-refractivity contribution in [3.05, 3.63) is 93.8 Å². The number of hydrogen-bond acceptors (Lipinski definition) is 7. The zero-order valence-corrected chi connectivity index (χ0v) is 18.4. The number of para-hydroxylation sites is 1. The summed E-state index contributed by atoms with van der Waals surface area (Å²) < 4.78 is 27.5. The molecule has 0 radical (unpaired) electrons. The molecule has 0 bridgehead atoms. The number of carbonyl (C=O) groups is 1. The van der Waals surface area contributed by atoms with Crippen molar-refractivity contribution in [2.75, 3.05) is 13.2 Å². The molecule has 7 nitrogen and oxygen atoms in total. The van der Waals surface area contributed by atoms with E-state index in [0.29, 0.717) is 35.5 Å². The predicted molar refractivity (Wildman–Crippen MR) is 126 cm³/mol. The van der Waals surface area contributed by atoms with Crippen LogP contribution in [0.3, 0.4) is 0 Å². The third kappa shape index (κ3) is 4.60. The van der Waals surface area contributed by atoms with Gasteiger partial charge in [0.05, 0.1) is 10.4 Å². The lowest BCUT2D eigenvalue weighted by Gasteiger charge is -2.18. The first-order chi connectivity index (χ1) is 16.6. The molecular formula is C26H17ClO7. The molecule has 0 saturated carbocycles. The number of hydrogen-bond donors (Lipinski definition) is 0. The molecule has 5 rings (SSSR count). The van der Waals surface area contributed by atoms with Crippen molar-refractivity contribution in [2.45, 2.75) is 0 Å². The van der Waals surface area contributed by atoms with Gasteiger partial charge < -0.3 is 23.4 Å². The number of rotatable bonds is 5. The van der Waals surface area contributed by atoms with Crippen LogP contribution in [0.25, 0.3) is 17.0 Å². The Labute approximate surface area is 198 Å². The van der Waals surface area contributed by atoms with Gasteiger partial charge in [-0.25, -0.2) is 4.79 Å². The summed E-state index contributed by atoms with van der Waals surface area (Å²) in [5.74, 6) is 1.27. The molecule has 0 saturated heterocycles. The molecule has 1 aliphatic heterocycles. The molecule has 0 aliphatic carbocycles. The van der Waals surface area contributed by atoms with E-state index in [0.717, 1.165) is 5.56 Å². The maximum Gasteiger partial charge on any atom is 0.336 e. The van der Waals surface area contributed by atoms with Gasteiger partial charge in [0.15, 0.2) is 11.5 Å². The van der Waals surface area contributed by atoms with Gasteiger partial charge in [-0.15, -0.1) is 0 Å². The van der Waals surface area contributed by atoms with Gasteiger partial charge in [0, 0.05) is 12.1 Å². The summed E-state index contributed by atoms with van der Waals surface area (Å²) in [5.41, 5.74) is 0.631. The third-order valence-corrected chi connectivity index (χ3v) is 5.28. The fraction of sp³-hybridized carbons (Fsp3) is 0.0769. The fourth-order valence-electron chi connectivity index (χ4n) is 3.35. The largest absolute Gasteiger partial charge is 0.486 e. The number of esters is 1. The van der Waals surface area contributed by atoms with Crippen molar-refractivity contribution in [2.24, 2.45) is 0 Å². The minimum atomic E-state index is -0.588. The highest BCUT2D eigenvalue weighted by atomic mass is 35.5. The second kappa shape index (κ2) is 9.33. The van der Waals surface area contributed by atoms with Gasteiger partial charge in [-0.1, -0.05) is 29.8 Å². The lowest BCUT2D eigenvalue weighted by molar-refractivity contribution is -0.128. The average molecular weight is 477 g/mol. The summed E-state index contributed by atoms with van der Waals surface area (Å²) in [6.45, 7) is 0.990. The molecule has 0 atom stereocenters. The molecule has 170 valence electrons. The molecule has 4 aromatic rings. The zero-order valence-electron chi connectivity index (χ0n) is 17.7. The fourth-order valence-corrected chi connectivity index (χ4v) is 3.52. The summed E-state index contributed by atoms with van der Waals surface area (Å²) in [4.78, 5) is 25.0. The normalized spacial score (nSPS) is 12.6. The lowest BCUT2D eigenvalue weighted by atomic mass is 10.2. The van der Waals surface area contributed by atoms with E-state index in [1.165, 1.54) is 30.5 Å². The van der Waals surface area contributed by atoms with Crippen LogP contribution in [0.4, 0.5) is 0 Å². The van der Waals surface area contributed by atoms with Gasteiger partial charge >= 0.3 is 5.97 Å². The summed E-state index contributed by atoms with van der Waals surface area (Å²) in [6.07, 6.45) is 4.10. The first-order valence-corrected chi connectivity index (χ1v) is 10.7. The second-order valence-corrected chi connectivity index (χ2v) is 7.68. The SMILES string of the molecule is O=C(C=Cc1ccc2c(c1)OCCO2)Oc1ccc2c(=O)c(Oc3ccccc3Cl)coc2c1. The highest BCUT2D eigenvalue weighted by Crippen LogP contribution is 2.31. The maximum absolute atomic E-state index is 12.8. The molecule has 1 aliphatic rings. The number of fused-ring (bicyclic) bond motifs is 2. The van der Waals surface area contributed by atoms with Crippen molar-refractivity contribution in [1.82, 2.24) is 0 Å². The van der Waals surface area contributed by atoms with Crippen LogP contribution in [-0.4, -0.2) is 19.2 Å². The minimum absolute atomic E-state index is 0.00675. The molecule has 0 spiro atoms. The second-order valence-electron chi connectivity index (χ2n) is 7.28. The van der Waals surface area contributed by atoms with Gasteiger partial charge in [0.1, 0.15) is 36.6 Å². The van der Waals surface area contributed by atoms with E-state index in [-0.39, 0.29) is 27.9 Å². The molecule has 1 aromatic heterocycles. The summed E-state index contributed by atoms with van der Waals surface area (Å²) in [7, 11) is 0. The Morgan fingerprint density at radius 2 is 1.76 bits per heavy atom. The van der Waals surface area contributed by atoms with Crippen LogP contribution >= 0.6 is 11.6 Å². The Hall–Kier alpha value is -4.23. The Kier molecular flexibility index (Phi) is 5.93. The predicted octanol–water partition coefficient (Wildman–Crippen LogP) is 5.63. The number of halogens is 1. The highest BCUT2D eigenvalue weighted by Gasteiger charge is 2.13. The van der Waals surface area contributed by atoms with Gasteiger partial charge in [-0.05, 0) is 48.0 Å². The lowest BCUT2D eigenvalue weighted by Crippen LogP contribution is -2.15. The van der Waals surface area contributed by atoms with Crippen molar-refractivity contribution in [1.29, 1.82) is 0 Å². The standard InChI is InChI=1S/C26H17ClO7/c27-19-3-1-2-4-20(19)34-24-15-32-22-14-17(7-8-18(22)26(24)29)33-25(28)10-6-16-5-9-21-23(13-16)31-12-11-30-21/h1-10,13-15H,11-12H2. The van der Waals surface area contributed by atoms with E-state index >= 15 is 0 Å². The van der Waals surface area contributed by atoms with Gasteiger partial charge in [0.2, 0.25) is 11.2 Å². The number of carbonyl (C=O) groups excluding carboxylic acids is 1. The summed E-state index contributed by atoms with van der Waals surface area (Å²) in [5, 5.41) is 0.643. The first-order valence-electron chi connectivity index (χ1n) is 10.3.